The van der Waals surface area contributed by atoms with Crippen molar-refractivity contribution in [3.8, 4) is 0 Å². The topological polar surface area (TPSA) is 67.2 Å². The number of carbonyl (C=O) groups excluding carboxylic acids is 1. The Morgan fingerprint density at radius 1 is 1.11 bits per heavy atom. The Kier molecular flexibility index (Phi) is 7.54. The molecule has 1 heterocycles. The van der Waals surface area contributed by atoms with Gasteiger partial charge in [-0.05, 0) is 29.7 Å². The average Bonchev–Trinajstić information content (AvgIpc) is 3.10. The zero-order valence-corrected chi connectivity index (χ0v) is 16.9. The van der Waals surface area contributed by atoms with Gasteiger partial charge in [0.05, 0.1) is 18.5 Å². The Hall–Kier alpha value is -2.28. The van der Waals surface area contributed by atoms with Crippen LogP contribution in [0.3, 0.4) is 0 Å². The molecule has 0 saturated carbocycles. The summed E-state index contributed by atoms with van der Waals surface area (Å²) in [6, 6.07) is 17.6. The Labute approximate surface area is 173 Å². The van der Waals surface area contributed by atoms with Crippen molar-refractivity contribution in [1.29, 1.82) is 0 Å². The molecule has 1 aromatic heterocycles. The average molecular weight is 416 g/mol. The molecule has 146 valence electrons. The largest absolute Gasteiger partial charge is 0.390 e. The van der Waals surface area contributed by atoms with Crippen molar-refractivity contribution in [1.82, 2.24) is 14.9 Å². The lowest BCUT2D eigenvalue weighted by Gasteiger charge is -2.11. The predicted molar refractivity (Wildman–Crippen MR) is 112 cm³/mol. The lowest BCUT2D eigenvalue weighted by molar-refractivity contribution is -0.122. The van der Waals surface area contributed by atoms with E-state index in [1.54, 1.807) is 34.7 Å². The van der Waals surface area contributed by atoms with Crippen molar-refractivity contribution < 1.29 is 9.90 Å². The van der Waals surface area contributed by atoms with Gasteiger partial charge in [-0.15, -0.1) is 0 Å². The number of imidazole rings is 1. The molecule has 0 aliphatic heterocycles. The Balaban J connectivity index is 1.56. The second kappa shape index (κ2) is 10.3. The summed E-state index contributed by atoms with van der Waals surface area (Å²) in [5, 5.41) is 13.9. The van der Waals surface area contributed by atoms with Crippen LogP contribution in [0.5, 0.6) is 0 Å². The zero-order valence-electron chi connectivity index (χ0n) is 15.3. The number of hydrogen-bond acceptors (Lipinski definition) is 4. The molecule has 0 bridgehead atoms. The van der Waals surface area contributed by atoms with E-state index in [9.17, 15) is 9.90 Å². The molecule has 3 aromatic rings. The van der Waals surface area contributed by atoms with Gasteiger partial charge in [-0.25, -0.2) is 4.98 Å². The van der Waals surface area contributed by atoms with Crippen LogP contribution in [0.15, 0.2) is 66.0 Å². The first-order chi connectivity index (χ1) is 13.7. The minimum absolute atomic E-state index is 0.122. The van der Waals surface area contributed by atoms with Gasteiger partial charge in [0.15, 0.2) is 5.16 Å². The summed E-state index contributed by atoms with van der Waals surface area (Å²) in [5.74, 6) is 0.714. The van der Waals surface area contributed by atoms with Crippen molar-refractivity contribution in [2.24, 2.45) is 0 Å². The lowest BCUT2D eigenvalue weighted by Crippen LogP contribution is -2.28. The molecule has 0 atom stereocenters. The van der Waals surface area contributed by atoms with Gasteiger partial charge < -0.3 is 15.0 Å². The van der Waals surface area contributed by atoms with Crippen LogP contribution in [0.2, 0.25) is 5.02 Å². The van der Waals surface area contributed by atoms with E-state index in [-0.39, 0.29) is 19.1 Å². The highest BCUT2D eigenvalue weighted by atomic mass is 35.5. The van der Waals surface area contributed by atoms with Crippen molar-refractivity contribution in [3.05, 3.63) is 82.6 Å². The second-order valence-electron chi connectivity index (χ2n) is 6.26. The molecule has 0 aliphatic carbocycles. The molecule has 1 amide bonds. The normalized spacial score (nSPS) is 10.8. The Morgan fingerprint density at radius 3 is 2.57 bits per heavy atom. The number of rotatable bonds is 9. The molecule has 0 fully saturated rings. The molecule has 28 heavy (non-hydrogen) atoms. The fraction of sp³-hybridized carbons (Fsp3) is 0.238. The summed E-state index contributed by atoms with van der Waals surface area (Å²) in [6.07, 6.45) is 2.53. The maximum Gasteiger partial charge on any atom is 0.240 e. The summed E-state index contributed by atoms with van der Waals surface area (Å²) < 4.78 is 1.77. The van der Waals surface area contributed by atoms with Crippen LogP contribution in [0, 0.1) is 0 Å². The SMILES string of the molecule is O=C(Cn1c(CO)cnc1SCCc1ccccc1)NCc1ccc(Cl)cc1. The third-order valence-corrected chi connectivity index (χ3v) is 5.48. The van der Waals surface area contributed by atoms with Crippen LogP contribution < -0.4 is 5.32 Å². The zero-order chi connectivity index (χ0) is 19.8. The standard InChI is InChI=1S/C21H22ClN3O2S/c22-18-8-6-17(7-9-18)12-23-20(27)14-25-19(15-26)13-24-21(25)28-11-10-16-4-2-1-3-5-16/h1-9,13,26H,10-12,14-15H2,(H,23,27). The monoisotopic (exact) mass is 415 g/mol. The summed E-state index contributed by atoms with van der Waals surface area (Å²) >= 11 is 7.46. The van der Waals surface area contributed by atoms with E-state index in [2.05, 4.69) is 22.4 Å². The molecule has 0 radical (unpaired) electrons. The van der Waals surface area contributed by atoms with Gasteiger partial charge in [-0.1, -0.05) is 65.8 Å². The summed E-state index contributed by atoms with van der Waals surface area (Å²) in [4.78, 5) is 16.8. The van der Waals surface area contributed by atoms with E-state index in [1.165, 1.54) is 5.56 Å². The molecule has 5 nitrogen and oxygen atoms in total. The van der Waals surface area contributed by atoms with E-state index in [1.807, 2.05) is 30.3 Å². The molecule has 2 aromatic carbocycles. The molecular weight excluding hydrogens is 394 g/mol. The summed E-state index contributed by atoms with van der Waals surface area (Å²) in [7, 11) is 0. The van der Waals surface area contributed by atoms with Gasteiger partial charge in [0.1, 0.15) is 6.54 Å². The van der Waals surface area contributed by atoms with Crippen LogP contribution in [-0.4, -0.2) is 26.3 Å². The van der Waals surface area contributed by atoms with E-state index in [4.69, 9.17) is 11.6 Å². The van der Waals surface area contributed by atoms with Gasteiger partial charge in [0.25, 0.3) is 0 Å². The molecular formula is C21H22ClN3O2S. The number of amides is 1. The number of nitrogens with one attached hydrogen (secondary N) is 1. The number of halogens is 1. The fourth-order valence-corrected chi connectivity index (χ4v) is 3.82. The number of aryl methyl sites for hydroxylation is 1. The lowest BCUT2D eigenvalue weighted by atomic mass is 10.2. The van der Waals surface area contributed by atoms with Gasteiger partial charge in [0.2, 0.25) is 5.91 Å². The predicted octanol–water partition coefficient (Wildman–Crippen LogP) is 3.68. The number of nitrogens with zero attached hydrogens (tertiary/aromatic N) is 2. The highest BCUT2D eigenvalue weighted by Gasteiger charge is 2.13. The molecule has 2 N–H and O–H groups in total. The van der Waals surface area contributed by atoms with E-state index >= 15 is 0 Å². The number of aliphatic hydroxyl groups excluding tert-OH is 1. The fourth-order valence-electron chi connectivity index (χ4n) is 2.71. The van der Waals surface area contributed by atoms with Crippen LogP contribution in [0.25, 0.3) is 0 Å². The van der Waals surface area contributed by atoms with Crippen molar-refractivity contribution in [3.63, 3.8) is 0 Å². The van der Waals surface area contributed by atoms with Gasteiger partial charge >= 0.3 is 0 Å². The molecule has 0 aliphatic rings. The van der Waals surface area contributed by atoms with Gasteiger partial charge in [-0.2, -0.15) is 0 Å². The van der Waals surface area contributed by atoms with Crippen LogP contribution >= 0.6 is 23.4 Å². The minimum Gasteiger partial charge on any atom is -0.390 e. The smallest absolute Gasteiger partial charge is 0.240 e. The van der Waals surface area contributed by atoms with E-state index in [0.29, 0.717) is 17.3 Å². The highest BCUT2D eigenvalue weighted by Crippen LogP contribution is 2.20. The molecule has 0 spiro atoms. The first-order valence-electron chi connectivity index (χ1n) is 8.99. The minimum atomic E-state index is -0.156. The number of aliphatic hydroxyl groups is 1. The number of carbonyl (C=O) groups is 1. The molecule has 7 heteroatoms. The van der Waals surface area contributed by atoms with E-state index < -0.39 is 0 Å². The second-order valence-corrected chi connectivity index (χ2v) is 7.76. The summed E-state index contributed by atoms with van der Waals surface area (Å²) in [5.41, 5.74) is 2.86. The molecule has 0 unspecified atom stereocenters. The van der Waals surface area contributed by atoms with Crippen molar-refractivity contribution >= 4 is 29.3 Å². The maximum absolute atomic E-state index is 12.4. The molecule has 0 saturated heterocycles. The Bertz CT molecular complexity index is 898. The molecule has 3 rings (SSSR count). The quantitative estimate of drug-likeness (QED) is 0.523. The first-order valence-corrected chi connectivity index (χ1v) is 10.3. The van der Waals surface area contributed by atoms with Gasteiger partial charge in [0, 0.05) is 17.3 Å². The van der Waals surface area contributed by atoms with Gasteiger partial charge in [-0.3, -0.25) is 4.79 Å². The van der Waals surface area contributed by atoms with Crippen molar-refractivity contribution in [2.45, 2.75) is 31.3 Å². The number of thioether (sulfide) groups is 1. The third kappa shape index (κ3) is 5.86. The number of benzene rings is 2. The summed E-state index contributed by atoms with van der Waals surface area (Å²) in [6.45, 7) is 0.392. The van der Waals surface area contributed by atoms with Crippen LogP contribution in [0.1, 0.15) is 16.8 Å². The van der Waals surface area contributed by atoms with Crippen LogP contribution in [-0.2, 0) is 30.9 Å². The Morgan fingerprint density at radius 2 is 1.86 bits per heavy atom. The maximum atomic E-state index is 12.4. The highest BCUT2D eigenvalue weighted by molar-refractivity contribution is 7.99. The third-order valence-electron chi connectivity index (χ3n) is 4.23. The first kappa shape index (κ1) is 20.5. The van der Waals surface area contributed by atoms with E-state index in [0.717, 1.165) is 22.9 Å². The van der Waals surface area contributed by atoms with Crippen molar-refractivity contribution in [2.75, 3.05) is 5.75 Å². The number of aromatic nitrogens is 2. The van der Waals surface area contributed by atoms with Crippen LogP contribution in [0.4, 0.5) is 0 Å². The number of hydrogen-bond donors (Lipinski definition) is 2.